The molecule has 1 atom stereocenters. The number of amides is 1. The number of Topliss-reactive ketones (excluding diaryl/α,β-unsaturated/α-hetero) is 1. The van der Waals surface area contributed by atoms with E-state index in [0.29, 0.717) is 5.56 Å². The van der Waals surface area contributed by atoms with Gasteiger partial charge in [0.05, 0.1) is 11.6 Å². The lowest BCUT2D eigenvalue weighted by Gasteiger charge is -2.26. The number of hydrogen-bond donors (Lipinski definition) is 1. The lowest BCUT2D eigenvalue weighted by atomic mass is 9.92. The van der Waals surface area contributed by atoms with Crippen molar-refractivity contribution in [2.24, 2.45) is 0 Å². The number of rotatable bonds is 5. The smallest absolute Gasteiger partial charge is 0.295 e. The van der Waals surface area contributed by atoms with Crippen LogP contribution in [0.1, 0.15) is 46.3 Å². The molecule has 1 unspecified atom stereocenters. The SMILES string of the molecule is CCc1ccc(C2C(=C(O)c3cc(C)ccc3C)C(=O)C(=O)N2Cc2ccccc2)cc1. The van der Waals surface area contributed by atoms with E-state index < -0.39 is 17.7 Å². The zero-order valence-corrected chi connectivity index (χ0v) is 18.6. The molecule has 3 aromatic rings. The summed E-state index contributed by atoms with van der Waals surface area (Å²) in [6.45, 7) is 6.19. The largest absolute Gasteiger partial charge is 0.507 e. The molecule has 1 fully saturated rings. The van der Waals surface area contributed by atoms with Crippen LogP contribution in [0.5, 0.6) is 0 Å². The standard InChI is InChI=1S/C28H27NO3/c1-4-20-12-14-22(15-13-20)25-24(26(30)23-16-18(2)10-11-19(23)3)27(31)28(32)29(25)17-21-8-6-5-7-9-21/h5-16,25,30H,4,17H2,1-3H3. The van der Waals surface area contributed by atoms with Gasteiger partial charge in [0.2, 0.25) is 0 Å². The van der Waals surface area contributed by atoms with Crippen molar-refractivity contribution in [3.05, 3.63) is 112 Å². The number of aliphatic hydroxyl groups is 1. The quantitative estimate of drug-likeness (QED) is 0.334. The Bertz CT molecular complexity index is 1190. The minimum Gasteiger partial charge on any atom is -0.507 e. The second-order valence-corrected chi connectivity index (χ2v) is 8.33. The number of nitrogens with zero attached hydrogens (tertiary/aromatic N) is 1. The first kappa shape index (κ1) is 21.6. The molecule has 4 heteroatoms. The van der Waals surface area contributed by atoms with E-state index in [4.69, 9.17) is 0 Å². The molecule has 1 amide bonds. The van der Waals surface area contributed by atoms with Gasteiger partial charge in [-0.1, -0.05) is 79.2 Å². The molecule has 162 valence electrons. The summed E-state index contributed by atoms with van der Waals surface area (Å²) in [5.74, 6) is -1.36. The molecule has 3 aromatic carbocycles. The molecule has 0 aromatic heterocycles. The van der Waals surface area contributed by atoms with Crippen molar-refractivity contribution in [3.63, 3.8) is 0 Å². The van der Waals surface area contributed by atoms with Crippen LogP contribution in [-0.2, 0) is 22.6 Å². The Hall–Kier alpha value is -3.66. The Kier molecular flexibility index (Phi) is 5.95. The molecule has 1 aliphatic rings. The van der Waals surface area contributed by atoms with Crippen molar-refractivity contribution in [2.45, 2.75) is 39.8 Å². The van der Waals surface area contributed by atoms with E-state index >= 15 is 0 Å². The Morgan fingerprint density at radius 1 is 0.906 bits per heavy atom. The molecular formula is C28H27NO3. The van der Waals surface area contributed by atoms with Crippen LogP contribution in [0.25, 0.3) is 5.76 Å². The maximum Gasteiger partial charge on any atom is 0.295 e. The minimum absolute atomic E-state index is 0.121. The van der Waals surface area contributed by atoms with Crippen LogP contribution < -0.4 is 0 Å². The average molecular weight is 426 g/mol. The van der Waals surface area contributed by atoms with Gasteiger partial charge < -0.3 is 10.0 Å². The van der Waals surface area contributed by atoms with Gasteiger partial charge in [-0.15, -0.1) is 0 Å². The zero-order valence-electron chi connectivity index (χ0n) is 18.6. The summed E-state index contributed by atoms with van der Waals surface area (Å²) in [4.78, 5) is 27.9. The number of carbonyl (C=O) groups excluding carboxylic acids is 2. The van der Waals surface area contributed by atoms with E-state index in [1.165, 1.54) is 5.56 Å². The van der Waals surface area contributed by atoms with E-state index in [9.17, 15) is 14.7 Å². The molecular weight excluding hydrogens is 398 g/mol. The van der Waals surface area contributed by atoms with Crippen molar-refractivity contribution < 1.29 is 14.7 Å². The van der Waals surface area contributed by atoms with E-state index in [0.717, 1.165) is 28.7 Å². The Morgan fingerprint density at radius 3 is 2.25 bits per heavy atom. The maximum absolute atomic E-state index is 13.2. The van der Waals surface area contributed by atoms with Gasteiger partial charge in [-0.2, -0.15) is 0 Å². The highest BCUT2D eigenvalue weighted by Crippen LogP contribution is 2.40. The summed E-state index contributed by atoms with van der Waals surface area (Å²) in [6.07, 6.45) is 0.896. The minimum atomic E-state index is -0.652. The van der Waals surface area contributed by atoms with Gasteiger partial charge in [0.1, 0.15) is 5.76 Å². The monoisotopic (exact) mass is 425 g/mol. The second-order valence-electron chi connectivity index (χ2n) is 8.33. The molecule has 1 N–H and O–H groups in total. The van der Waals surface area contributed by atoms with Crippen LogP contribution in [0, 0.1) is 13.8 Å². The summed E-state index contributed by atoms with van der Waals surface area (Å²) < 4.78 is 0. The van der Waals surface area contributed by atoms with Crippen molar-refractivity contribution >= 4 is 17.4 Å². The number of hydrogen-bond acceptors (Lipinski definition) is 3. The van der Waals surface area contributed by atoms with Gasteiger partial charge >= 0.3 is 0 Å². The topological polar surface area (TPSA) is 57.6 Å². The highest BCUT2D eigenvalue weighted by atomic mass is 16.3. The molecule has 0 spiro atoms. The summed E-state index contributed by atoms with van der Waals surface area (Å²) in [5.41, 5.74) is 5.45. The molecule has 0 saturated carbocycles. The Labute approximate surface area is 188 Å². The molecule has 1 saturated heterocycles. The van der Waals surface area contributed by atoms with Crippen LogP contribution in [0.3, 0.4) is 0 Å². The molecule has 0 bridgehead atoms. The van der Waals surface area contributed by atoms with Gasteiger partial charge in [0.25, 0.3) is 11.7 Å². The fourth-order valence-corrected chi connectivity index (χ4v) is 4.24. The fraction of sp³-hybridized carbons (Fsp3) is 0.214. The van der Waals surface area contributed by atoms with Crippen LogP contribution in [-0.4, -0.2) is 21.7 Å². The highest BCUT2D eigenvalue weighted by Gasteiger charge is 2.46. The predicted octanol–water partition coefficient (Wildman–Crippen LogP) is 5.49. The van der Waals surface area contributed by atoms with E-state index in [-0.39, 0.29) is 17.9 Å². The third-order valence-corrected chi connectivity index (χ3v) is 6.09. The normalized spacial score (nSPS) is 17.7. The van der Waals surface area contributed by atoms with Crippen LogP contribution in [0.15, 0.2) is 78.4 Å². The second kappa shape index (κ2) is 8.83. The van der Waals surface area contributed by atoms with Crippen molar-refractivity contribution in [1.29, 1.82) is 0 Å². The molecule has 0 aliphatic carbocycles. The number of aryl methyl sites for hydroxylation is 3. The first-order chi connectivity index (χ1) is 15.4. The van der Waals surface area contributed by atoms with Gasteiger partial charge in [-0.05, 0) is 48.6 Å². The van der Waals surface area contributed by atoms with E-state index in [1.54, 1.807) is 4.90 Å². The molecule has 0 radical (unpaired) electrons. The maximum atomic E-state index is 13.2. The van der Waals surface area contributed by atoms with Crippen molar-refractivity contribution in [1.82, 2.24) is 4.90 Å². The average Bonchev–Trinajstić information content (AvgIpc) is 3.06. The summed E-state index contributed by atoms with van der Waals surface area (Å²) in [7, 11) is 0. The number of carbonyl (C=O) groups is 2. The Morgan fingerprint density at radius 2 is 1.59 bits per heavy atom. The zero-order chi connectivity index (χ0) is 22.8. The Balaban J connectivity index is 1.89. The van der Waals surface area contributed by atoms with Gasteiger partial charge in [-0.3, -0.25) is 9.59 Å². The van der Waals surface area contributed by atoms with Gasteiger partial charge in [-0.25, -0.2) is 0 Å². The van der Waals surface area contributed by atoms with Crippen molar-refractivity contribution in [3.8, 4) is 0 Å². The molecule has 1 aliphatic heterocycles. The van der Waals surface area contributed by atoms with Gasteiger partial charge in [0, 0.05) is 12.1 Å². The predicted molar refractivity (Wildman–Crippen MR) is 126 cm³/mol. The van der Waals surface area contributed by atoms with E-state index in [1.807, 2.05) is 86.6 Å². The molecule has 4 rings (SSSR count). The van der Waals surface area contributed by atoms with Crippen LogP contribution >= 0.6 is 0 Å². The molecule has 1 heterocycles. The third kappa shape index (κ3) is 3.96. The summed E-state index contributed by atoms with van der Waals surface area (Å²) >= 11 is 0. The number of benzene rings is 3. The lowest BCUT2D eigenvalue weighted by Crippen LogP contribution is -2.29. The van der Waals surface area contributed by atoms with Gasteiger partial charge in [0.15, 0.2) is 0 Å². The first-order valence-corrected chi connectivity index (χ1v) is 10.9. The molecule has 4 nitrogen and oxygen atoms in total. The van der Waals surface area contributed by atoms with E-state index in [2.05, 4.69) is 6.92 Å². The lowest BCUT2D eigenvalue weighted by molar-refractivity contribution is -0.140. The summed E-state index contributed by atoms with van der Waals surface area (Å²) in [6, 6.07) is 22.6. The summed E-state index contributed by atoms with van der Waals surface area (Å²) in [5, 5.41) is 11.3. The molecule has 32 heavy (non-hydrogen) atoms. The van der Waals surface area contributed by atoms with Crippen LogP contribution in [0.4, 0.5) is 0 Å². The number of aliphatic hydroxyl groups excluding tert-OH is 1. The van der Waals surface area contributed by atoms with Crippen molar-refractivity contribution in [2.75, 3.05) is 0 Å². The third-order valence-electron chi connectivity index (χ3n) is 6.09. The fourth-order valence-electron chi connectivity index (χ4n) is 4.24. The number of likely N-dealkylation sites (tertiary alicyclic amines) is 1. The highest BCUT2D eigenvalue weighted by molar-refractivity contribution is 6.46. The first-order valence-electron chi connectivity index (χ1n) is 10.9. The van der Waals surface area contributed by atoms with Crippen LogP contribution in [0.2, 0.25) is 0 Å². The number of ketones is 1.